The van der Waals surface area contributed by atoms with Crippen molar-refractivity contribution in [3.63, 3.8) is 0 Å². The monoisotopic (exact) mass is 820 g/mol. The quantitative estimate of drug-likeness (QED) is 0.122. The van der Waals surface area contributed by atoms with Gasteiger partial charge in [0.15, 0.2) is 17.3 Å². The van der Waals surface area contributed by atoms with E-state index in [9.17, 15) is 20.1 Å². The Morgan fingerprint density at radius 3 is 2.18 bits per heavy atom. The highest BCUT2D eigenvalue weighted by molar-refractivity contribution is 6.29. The van der Waals surface area contributed by atoms with E-state index in [-0.39, 0.29) is 24.6 Å². The molecule has 0 spiro atoms. The Balaban J connectivity index is 1.00. The van der Waals surface area contributed by atoms with Crippen molar-refractivity contribution < 1.29 is 28.5 Å². The molecule has 2 aromatic heterocycles. The van der Waals surface area contributed by atoms with Crippen molar-refractivity contribution in [3.8, 4) is 63.3 Å². The molecular weight excluding hydrogens is 788 g/mol. The zero-order chi connectivity index (χ0) is 41.9. The van der Waals surface area contributed by atoms with Gasteiger partial charge in [-0.05, 0) is 83.4 Å². The zero-order valence-electron chi connectivity index (χ0n) is 32.4. The normalized spacial score (nSPS) is 14.0. The standard InChI is InChI=1S/C50H33ClN4O6/c51-48-23-33(14-17-54-48)45-26-44(57)40-12-10-37(24-47(40)61-45)59-29-31-7-9-36(28-53)42(22-31)41-21-30(6-8-35(41)27-52)20-34-15-18-55-49(32-4-2-1-3-5-32)50(34)60-38-11-13-39-43(56)16-19-58-46(39)25-38/h1-15,17-18,21-25,45H,16,19-20,26,29H2. The van der Waals surface area contributed by atoms with Gasteiger partial charge >= 0.3 is 0 Å². The predicted molar refractivity (Wildman–Crippen MR) is 227 cm³/mol. The number of nitriles is 2. The number of nitrogens with zero attached hydrogens (tertiary/aromatic N) is 4. The second kappa shape index (κ2) is 16.8. The highest BCUT2D eigenvalue weighted by Gasteiger charge is 2.29. The first-order chi connectivity index (χ1) is 29.8. The first-order valence-corrected chi connectivity index (χ1v) is 19.9. The number of fused-ring (bicyclic) bond motifs is 2. The number of benzene rings is 5. The molecule has 0 fully saturated rings. The van der Waals surface area contributed by atoms with Crippen LogP contribution in [0.1, 0.15) is 73.0 Å². The van der Waals surface area contributed by atoms with Gasteiger partial charge in [0.1, 0.15) is 46.6 Å². The molecule has 7 aromatic rings. The third-order valence-corrected chi connectivity index (χ3v) is 10.8. The predicted octanol–water partition coefficient (Wildman–Crippen LogP) is 10.8. The molecule has 0 saturated carbocycles. The molecule has 2 aliphatic heterocycles. The molecule has 61 heavy (non-hydrogen) atoms. The molecule has 296 valence electrons. The molecule has 2 aliphatic rings. The topological polar surface area (TPSA) is 144 Å². The summed E-state index contributed by atoms with van der Waals surface area (Å²) in [5.74, 6) is 2.39. The van der Waals surface area contributed by atoms with E-state index in [1.54, 1.807) is 73.1 Å². The number of pyridine rings is 2. The molecule has 0 N–H and O–H groups in total. The fourth-order valence-corrected chi connectivity index (χ4v) is 7.75. The number of hydrogen-bond acceptors (Lipinski definition) is 10. The van der Waals surface area contributed by atoms with Gasteiger partial charge in [-0.25, -0.2) is 4.98 Å². The molecule has 9 rings (SSSR count). The minimum Gasteiger partial charge on any atom is -0.492 e. The van der Waals surface area contributed by atoms with Gasteiger partial charge in [-0.3, -0.25) is 14.6 Å². The summed E-state index contributed by atoms with van der Waals surface area (Å²) >= 11 is 6.10. The molecule has 5 aromatic carbocycles. The molecule has 4 heterocycles. The average molecular weight is 821 g/mol. The highest BCUT2D eigenvalue weighted by atomic mass is 35.5. The van der Waals surface area contributed by atoms with Crippen LogP contribution in [0.3, 0.4) is 0 Å². The van der Waals surface area contributed by atoms with Gasteiger partial charge in [-0.15, -0.1) is 0 Å². The number of ether oxygens (including phenoxy) is 4. The number of halogens is 1. The first kappa shape index (κ1) is 38.7. The second-order valence-electron chi connectivity index (χ2n) is 14.5. The van der Waals surface area contributed by atoms with E-state index in [4.69, 9.17) is 35.5 Å². The lowest BCUT2D eigenvalue weighted by atomic mass is 9.91. The lowest BCUT2D eigenvalue weighted by Gasteiger charge is -2.26. The van der Waals surface area contributed by atoms with Gasteiger partial charge in [0, 0.05) is 59.6 Å². The van der Waals surface area contributed by atoms with Crippen molar-refractivity contribution in [3.05, 3.63) is 183 Å². The van der Waals surface area contributed by atoms with Crippen LogP contribution in [0.15, 0.2) is 134 Å². The maximum Gasteiger partial charge on any atom is 0.170 e. The van der Waals surface area contributed by atoms with Crippen molar-refractivity contribution in [1.82, 2.24) is 9.97 Å². The maximum atomic E-state index is 13.0. The van der Waals surface area contributed by atoms with Crippen LogP contribution in [0.25, 0.3) is 22.4 Å². The molecule has 0 saturated heterocycles. The summed E-state index contributed by atoms with van der Waals surface area (Å²) in [6.07, 6.45) is 3.72. The fraction of sp³-hybridized carbons (Fsp3) is 0.120. The molecular formula is C50H33ClN4O6. The average Bonchev–Trinajstić information content (AvgIpc) is 3.29. The maximum absolute atomic E-state index is 13.0. The van der Waals surface area contributed by atoms with E-state index in [1.165, 1.54) is 0 Å². The Labute approximate surface area is 356 Å². The molecule has 0 amide bonds. The Morgan fingerprint density at radius 1 is 0.705 bits per heavy atom. The molecule has 10 nitrogen and oxygen atoms in total. The highest BCUT2D eigenvalue weighted by Crippen LogP contribution is 2.40. The van der Waals surface area contributed by atoms with Crippen LogP contribution in [0.5, 0.6) is 28.7 Å². The number of ketones is 2. The van der Waals surface area contributed by atoms with Crippen LogP contribution < -0.4 is 18.9 Å². The second-order valence-corrected chi connectivity index (χ2v) is 14.9. The molecule has 0 aliphatic carbocycles. The van der Waals surface area contributed by atoms with E-state index in [0.29, 0.717) is 92.4 Å². The third-order valence-electron chi connectivity index (χ3n) is 10.6. The van der Waals surface area contributed by atoms with Gasteiger partial charge < -0.3 is 18.9 Å². The Hall–Kier alpha value is -7.79. The number of hydrogen-bond donors (Lipinski definition) is 0. The van der Waals surface area contributed by atoms with Gasteiger partial charge in [-0.2, -0.15) is 10.5 Å². The van der Waals surface area contributed by atoms with Gasteiger partial charge in [0.25, 0.3) is 0 Å². The van der Waals surface area contributed by atoms with Crippen LogP contribution in [-0.4, -0.2) is 28.1 Å². The van der Waals surface area contributed by atoms with Gasteiger partial charge in [-0.1, -0.05) is 54.1 Å². The lowest BCUT2D eigenvalue weighted by molar-refractivity contribution is 0.0848. The number of carbonyl (C=O) groups excluding carboxylic acids is 2. The molecule has 11 heteroatoms. The molecule has 0 radical (unpaired) electrons. The summed E-state index contributed by atoms with van der Waals surface area (Å²) in [5.41, 5.74) is 7.68. The zero-order valence-corrected chi connectivity index (χ0v) is 33.2. The van der Waals surface area contributed by atoms with Crippen molar-refractivity contribution in [1.29, 1.82) is 10.5 Å². The minimum atomic E-state index is -0.511. The van der Waals surface area contributed by atoms with E-state index in [0.717, 1.165) is 27.8 Å². The van der Waals surface area contributed by atoms with Crippen molar-refractivity contribution >= 4 is 23.2 Å². The summed E-state index contributed by atoms with van der Waals surface area (Å²) in [7, 11) is 0. The SMILES string of the molecule is N#Cc1ccc(COc2ccc3c(c2)OC(c2ccnc(Cl)c2)CC3=O)cc1-c1cc(Cc2ccnc(-c3ccccc3)c2Oc2ccc3c(c2)OCCC3=O)ccc1C#N. The van der Waals surface area contributed by atoms with E-state index in [1.807, 2.05) is 60.7 Å². The summed E-state index contributed by atoms with van der Waals surface area (Å²) in [6.45, 7) is 0.448. The number of aromatic nitrogens is 2. The summed E-state index contributed by atoms with van der Waals surface area (Å²) in [4.78, 5) is 34.3. The number of carbonyl (C=O) groups is 2. The van der Waals surface area contributed by atoms with Crippen molar-refractivity contribution in [2.45, 2.75) is 32.0 Å². The number of rotatable bonds is 10. The Morgan fingerprint density at radius 2 is 1.41 bits per heavy atom. The van der Waals surface area contributed by atoms with Crippen molar-refractivity contribution in [2.75, 3.05) is 6.61 Å². The van der Waals surface area contributed by atoms with Crippen LogP contribution >= 0.6 is 11.6 Å². The van der Waals surface area contributed by atoms with E-state index >= 15 is 0 Å². The Bertz CT molecular complexity index is 2960. The third kappa shape index (κ3) is 8.13. The smallest absolute Gasteiger partial charge is 0.170 e. The Kier molecular flexibility index (Phi) is 10.7. The van der Waals surface area contributed by atoms with Crippen LogP contribution in [0.4, 0.5) is 0 Å². The molecule has 1 atom stereocenters. The summed E-state index contributed by atoms with van der Waals surface area (Å²) in [5, 5.41) is 20.8. The van der Waals surface area contributed by atoms with Crippen LogP contribution in [0.2, 0.25) is 5.15 Å². The van der Waals surface area contributed by atoms with Gasteiger partial charge in [0.05, 0.1) is 47.4 Å². The first-order valence-electron chi connectivity index (χ1n) is 19.5. The summed E-state index contributed by atoms with van der Waals surface area (Å²) < 4.78 is 24.9. The lowest BCUT2D eigenvalue weighted by Crippen LogP contribution is -2.20. The van der Waals surface area contributed by atoms with E-state index in [2.05, 4.69) is 17.1 Å². The molecule has 1 unspecified atom stereocenters. The van der Waals surface area contributed by atoms with Crippen molar-refractivity contribution in [2.24, 2.45) is 0 Å². The fourth-order valence-electron chi connectivity index (χ4n) is 7.57. The van der Waals surface area contributed by atoms with Crippen LogP contribution in [0, 0.1) is 22.7 Å². The van der Waals surface area contributed by atoms with Crippen LogP contribution in [-0.2, 0) is 13.0 Å². The minimum absolute atomic E-state index is 0.0276. The number of Topliss-reactive ketones (excluding diaryl/α,β-unsaturated/α-hetero) is 2. The van der Waals surface area contributed by atoms with E-state index < -0.39 is 6.10 Å². The van der Waals surface area contributed by atoms with Gasteiger partial charge in [0.2, 0.25) is 0 Å². The largest absolute Gasteiger partial charge is 0.492 e. The molecule has 0 bridgehead atoms. The summed E-state index contributed by atoms with van der Waals surface area (Å²) in [6, 6.07) is 41.0.